The molecule has 0 atom stereocenters. The average Bonchev–Trinajstić information content (AvgIpc) is 1.72. The SMILES string of the molecule is O.O.O.OO.OOOO. The Hall–Kier alpha value is -0.360. The third-order valence-corrected chi connectivity index (χ3v) is 0.0333. The van der Waals surface area contributed by atoms with Crippen molar-refractivity contribution in [2.75, 3.05) is 0 Å². The Labute approximate surface area is 48.9 Å². The van der Waals surface area contributed by atoms with E-state index < -0.39 is 0 Å². The minimum atomic E-state index is 0. The number of rotatable bonds is 1. The van der Waals surface area contributed by atoms with Gasteiger partial charge in [0.15, 0.2) is 0 Å². The van der Waals surface area contributed by atoms with Crippen LogP contribution in [0.15, 0.2) is 0 Å². The first-order chi connectivity index (χ1) is 2.91. The van der Waals surface area contributed by atoms with Gasteiger partial charge in [-0.2, -0.15) is 0 Å². The Morgan fingerprint density at radius 2 is 0.778 bits per heavy atom. The standard InChI is InChI=1S/H2O4.H2O2.3H2O/c1-3-4-2;1-2;;;/h1-2H;1-2H;3*1H2. The molecule has 0 bridgehead atoms. The van der Waals surface area contributed by atoms with Crippen molar-refractivity contribution in [1.82, 2.24) is 0 Å². The second kappa shape index (κ2) is 125. The molecule has 0 aromatic heterocycles. The van der Waals surface area contributed by atoms with Gasteiger partial charge in [0.2, 0.25) is 0 Å². The Morgan fingerprint density at radius 1 is 0.667 bits per heavy atom. The van der Waals surface area contributed by atoms with Gasteiger partial charge < -0.3 is 16.4 Å². The van der Waals surface area contributed by atoms with E-state index in [0.717, 1.165) is 0 Å². The molecule has 0 heterocycles. The molecule has 0 rings (SSSR count). The molecule has 0 spiro atoms. The maximum atomic E-state index is 6.90. The van der Waals surface area contributed by atoms with E-state index in [4.69, 9.17) is 21.0 Å². The van der Waals surface area contributed by atoms with Crippen LogP contribution in [0.2, 0.25) is 0 Å². The maximum Gasteiger partial charge on any atom is -0.0395 e. The third-order valence-electron chi connectivity index (χ3n) is 0.0333. The molecule has 0 radical (unpaired) electrons. The van der Waals surface area contributed by atoms with Crippen LogP contribution in [0.5, 0.6) is 0 Å². The van der Waals surface area contributed by atoms with Crippen molar-refractivity contribution in [3.8, 4) is 0 Å². The van der Waals surface area contributed by atoms with Crippen LogP contribution in [0.25, 0.3) is 0 Å². The lowest BCUT2D eigenvalue weighted by Crippen LogP contribution is -1.75. The first kappa shape index (κ1) is 38.1. The maximum absolute atomic E-state index is 6.90. The van der Waals surface area contributed by atoms with Crippen LogP contribution in [-0.4, -0.2) is 37.5 Å². The van der Waals surface area contributed by atoms with Crippen LogP contribution in [-0.2, 0) is 10.1 Å². The van der Waals surface area contributed by atoms with Crippen molar-refractivity contribution >= 4 is 0 Å². The van der Waals surface area contributed by atoms with E-state index in [9.17, 15) is 0 Å². The van der Waals surface area contributed by atoms with Crippen molar-refractivity contribution < 1.29 is 47.5 Å². The zero-order valence-corrected chi connectivity index (χ0v) is 4.11. The Bertz CT molecular complexity index is 2.00. The zero-order valence-electron chi connectivity index (χ0n) is 4.11. The van der Waals surface area contributed by atoms with E-state index in [1.165, 1.54) is 0 Å². The van der Waals surface area contributed by atoms with E-state index in [1.807, 2.05) is 0 Å². The van der Waals surface area contributed by atoms with Crippen molar-refractivity contribution in [2.45, 2.75) is 0 Å². The van der Waals surface area contributed by atoms with Gasteiger partial charge in [0.1, 0.15) is 0 Å². The minimum Gasteiger partial charge on any atom is -0.412 e. The summed E-state index contributed by atoms with van der Waals surface area (Å²) in [6.45, 7) is 0. The lowest BCUT2D eigenvalue weighted by Gasteiger charge is -1.71. The van der Waals surface area contributed by atoms with Gasteiger partial charge in [-0.15, -0.1) is 0 Å². The third kappa shape index (κ3) is 593. The van der Waals surface area contributed by atoms with Gasteiger partial charge >= 0.3 is 0 Å². The molecular formula is H10O9. The molecular weight excluding hydrogens is 144 g/mol. The molecule has 10 N–H and O–H groups in total. The van der Waals surface area contributed by atoms with Crippen molar-refractivity contribution in [1.29, 1.82) is 0 Å². The van der Waals surface area contributed by atoms with E-state index in [-0.39, 0.29) is 16.4 Å². The van der Waals surface area contributed by atoms with Crippen LogP contribution < -0.4 is 0 Å². The van der Waals surface area contributed by atoms with E-state index in [1.54, 1.807) is 0 Å². The molecule has 0 aromatic carbocycles. The van der Waals surface area contributed by atoms with Gasteiger partial charge in [0.25, 0.3) is 0 Å². The van der Waals surface area contributed by atoms with Crippen LogP contribution in [0.3, 0.4) is 0 Å². The summed E-state index contributed by atoms with van der Waals surface area (Å²) in [5, 5.41) is 31.0. The number of hydrogen-bond acceptors (Lipinski definition) is 6. The first-order valence-electron chi connectivity index (χ1n) is 0.732. The minimum absolute atomic E-state index is 0. The van der Waals surface area contributed by atoms with Gasteiger partial charge in [-0.05, 0) is 10.1 Å². The highest BCUT2D eigenvalue weighted by molar-refractivity contribution is 2.64. The lowest BCUT2D eigenvalue weighted by atomic mass is 14.4. The van der Waals surface area contributed by atoms with Crippen molar-refractivity contribution in [3.05, 3.63) is 0 Å². The summed E-state index contributed by atoms with van der Waals surface area (Å²) < 4.78 is 0. The molecule has 0 fully saturated rings. The largest absolute Gasteiger partial charge is 0.412 e. The Kier molecular flexibility index (Phi) is 530. The monoisotopic (exact) mass is 154 g/mol. The second-order valence-electron chi connectivity index (χ2n) is 0.149. The van der Waals surface area contributed by atoms with Gasteiger partial charge in [0, 0.05) is 0 Å². The molecule has 9 heteroatoms. The fourth-order valence-corrected chi connectivity index (χ4v) is 0. The normalized spacial score (nSPS) is 4.00. The molecule has 0 saturated heterocycles. The van der Waals surface area contributed by atoms with E-state index >= 15 is 0 Å². The Morgan fingerprint density at radius 3 is 0.778 bits per heavy atom. The van der Waals surface area contributed by atoms with Crippen LogP contribution in [0, 0.1) is 0 Å². The predicted molar refractivity (Wildman–Crippen MR) is 23.5 cm³/mol. The predicted octanol–water partition coefficient (Wildman–Crippen LogP) is -2.58. The molecule has 0 unspecified atom stereocenters. The van der Waals surface area contributed by atoms with Gasteiger partial charge in [0.05, 0.1) is 0 Å². The summed E-state index contributed by atoms with van der Waals surface area (Å²) >= 11 is 0. The zero-order chi connectivity index (χ0) is 5.41. The molecule has 0 aliphatic rings. The summed E-state index contributed by atoms with van der Waals surface area (Å²) in [6, 6.07) is 0. The van der Waals surface area contributed by atoms with Crippen LogP contribution >= 0.6 is 0 Å². The molecule has 0 aliphatic heterocycles. The molecule has 9 nitrogen and oxygen atoms in total. The fraction of sp³-hybridized carbons (Fsp3) is 0. The number of hydrogen-bond donors (Lipinski definition) is 4. The Balaban J connectivity index is -0.00000000990. The summed E-state index contributed by atoms with van der Waals surface area (Å²) in [4.78, 5) is 0. The first-order valence-corrected chi connectivity index (χ1v) is 0.732. The molecule has 64 valence electrons. The fourth-order valence-electron chi connectivity index (χ4n) is 0. The van der Waals surface area contributed by atoms with Crippen LogP contribution in [0.4, 0.5) is 0 Å². The highest BCUT2D eigenvalue weighted by atomic mass is 17.6. The molecule has 0 aliphatic carbocycles. The van der Waals surface area contributed by atoms with Crippen molar-refractivity contribution in [3.63, 3.8) is 0 Å². The summed E-state index contributed by atoms with van der Waals surface area (Å²) in [6.07, 6.45) is 0. The smallest absolute Gasteiger partial charge is 0.0395 e. The second-order valence-corrected chi connectivity index (χ2v) is 0.149. The van der Waals surface area contributed by atoms with Gasteiger partial charge in [-0.25, -0.2) is 10.5 Å². The molecule has 0 aromatic rings. The quantitative estimate of drug-likeness (QED) is 0.236. The van der Waals surface area contributed by atoms with Gasteiger partial charge in [-0.3, -0.25) is 10.5 Å². The summed E-state index contributed by atoms with van der Waals surface area (Å²) in [7, 11) is 0. The van der Waals surface area contributed by atoms with E-state index in [0.29, 0.717) is 0 Å². The molecule has 9 heavy (non-hydrogen) atoms. The molecule has 0 saturated carbocycles. The molecule has 0 amide bonds. The van der Waals surface area contributed by atoms with Gasteiger partial charge in [-0.1, -0.05) is 0 Å². The van der Waals surface area contributed by atoms with E-state index in [2.05, 4.69) is 10.1 Å². The highest BCUT2D eigenvalue weighted by Gasteiger charge is 1.53. The van der Waals surface area contributed by atoms with Crippen molar-refractivity contribution in [2.24, 2.45) is 0 Å². The highest BCUT2D eigenvalue weighted by Crippen LogP contribution is 1.49. The lowest BCUT2D eigenvalue weighted by molar-refractivity contribution is -0.611. The average molecular weight is 154 g/mol. The van der Waals surface area contributed by atoms with Crippen LogP contribution in [0.1, 0.15) is 0 Å². The topological polar surface area (TPSA) is 194 Å². The summed E-state index contributed by atoms with van der Waals surface area (Å²) in [5.74, 6) is 0. The summed E-state index contributed by atoms with van der Waals surface area (Å²) in [5.41, 5.74) is 0.